The lowest BCUT2D eigenvalue weighted by molar-refractivity contribution is -0.127. The number of fused-ring (bicyclic) bond motifs is 1. The molecule has 1 aliphatic heterocycles. The van der Waals surface area contributed by atoms with Gasteiger partial charge in [0.25, 0.3) is 5.91 Å². The highest BCUT2D eigenvalue weighted by atomic mass is 127. The number of carbonyl (C=O) groups excluding carboxylic acids is 3. The van der Waals surface area contributed by atoms with E-state index < -0.39 is 6.04 Å². The van der Waals surface area contributed by atoms with Crippen molar-refractivity contribution in [2.75, 3.05) is 22.8 Å². The molecule has 2 heterocycles. The molecule has 0 saturated heterocycles. The van der Waals surface area contributed by atoms with E-state index in [-0.39, 0.29) is 30.7 Å². The molecule has 1 aliphatic rings. The van der Waals surface area contributed by atoms with E-state index in [9.17, 15) is 14.4 Å². The minimum Gasteiger partial charge on any atom is -0.387 e. The van der Waals surface area contributed by atoms with Crippen molar-refractivity contribution in [1.29, 1.82) is 0 Å². The lowest BCUT2D eigenvalue weighted by Gasteiger charge is -2.22. The van der Waals surface area contributed by atoms with Gasteiger partial charge in [0.2, 0.25) is 11.8 Å². The van der Waals surface area contributed by atoms with Crippen LogP contribution in [0.2, 0.25) is 0 Å². The number of alkyl halides is 1. The van der Waals surface area contributed by atoms with Gasteiger partial charge < -0.3 is 27.0 Å². The largest absolute Gasteiger partial charge is 0.387 e. The third kappa shape index (κ3) is 8.94. The predicted molar refractivity (Wildman–Crippen MR) is 178 cm³/mol. The van der Waals surface area contributed by atoms with Gasteiger partial charge in [-0.3, -0.25) is 19.4 Å². The number of halogens is 1. The number of hydrogen-bond acceptors (Lipinski definition) is 7. The highest BCUT2D eigenvalue weighted by Crippen LogP contribution is 2.29. The zero-order valence-electron chi connectivity index (χ0n) is 24.1. The Bertz CT molecular complexity index is 1520. The molecule has 0 bridgehead atoms. The molecule has 2 aromatic carbocycles. The van der Waals surface area contributed by atoms with Crippen molar-refractivity contribution >= 4 is 63.6 Å². The van der Waals surface area contributed by atoms with E-state index in [0.717, 1.165) is 22.0 Å². The second-order valence-corrected chi connectivity index (χ2v) is 11.3. The number of amides is 3. The summed E-state index contributed by atoms with van der Waals surface area (Å²) in [6.07, 6.45) is 6.49. The van der Waals surface area contributed by atoms with Crippen LogP contribution in [0, 0.1) is 0 Å². The van der Waals surface area contributed by atoms with Crippen LogP contribution in [0.4, 0.5) is 11.4 Å². The maximum absolute atomic E-state index is 13.2. The van der Waals surface area contributed by atoms with Gasteiger partial charge in [0.05, 0.1) is 23.6 Å². The molecule has 0 fully saturated rings. The zero-order valence-corrected chi connectivity index (χ0v) is 26.2. The van der Waals surface area contributed by atoms with Gasteiger partial charge in [-0.25, -0.2) is 4.99 Å². The monoisotopic (exact) mass is 693 g/mol. The molecule has 224 valence electrons. The molecule has 0 radical (unpaired) electrons. The van der Waals surface area contributed by atoms with Gasteiger partial charge in [-0.15, -0.1) is 0 Å². The first-order valence-corrected chi connectivity index (χ1v) is 15.6. The van der Waals surface area contributed by atoms with Gasteiger partial charge in [0.1, 0.15) is 5.84 Å². The van der Waals surface area contributed by atoms with Crippen LogP contribution in [0.3, 0.4) is 0 Å². The van der Waals surface area contributed by atoms with Crippen LogP contribution in [-0.4, -0.2) is 57.0 Å². The quantitative estimate of drug-likeness (QED) is 0.166. The zero-order chi connectivity index (χ0) is 30.8. The van der Waals surface area contributed by atoms with Crippen LogP contribution in [0.1, 0.15) is 46.8 Å². The molecular formula is C32H36IN7O3. The summed E-state index contributed by atoms with van der Waals surface area (Å²) in [6, 6.07) is 15.8. The van der Waals surface area contributed by atoms with Crippen LogP contribution < -0.4 is 22.1 Å². The molecule has 3 aromatic rings. The van der Waals surface area contributed by atoms with Crippen molar-refractivity contribution < 1.29 is 14.4 Å². The molecule has 0 saturated carbocycles. The van der Waals surface area contributed by atoms with E-state index in [1.807, 2.05) is 48.2 Å². The van der Waals surface area contributed by atoms with Crippen molar-refractivity contribution in [2.24, 2.45) is 16.5 Å². The van der Waals surface area contributed by atoms with Crippen LogP contribution in [0.25, 0.3) is 6.08 Å². The number of aromatic nitrogens is 1. The Labute approximate surface area is 265 Å². The first-order chi connectivity index (χ1) is 20.8. The minimum atomic E-state index is -0.682. The van der Waals surface area contributed by atoms with Gasteiger partial charge in [0.15, 0.2) is 0 Å². The van der Waals surface area contributed by atoms with Gasteiger partial charge in [0, 0.05) is 53.4 Å². The maximum atomic E-state index is 13.2. The Morgan fingerprint density at radius 1 is 1.05 bits per heavy atom. The normalized spacial score (nSPS) is 13.1. The number of carbonyl (C=O) groups is 3. The summed E-state index contributed by atoms with van der Waals surface area (Å²) in [4.78, 5) is 49.4. The Balaban J connectivity index is 1.41. The minimum absolute atomic E-state index is 0.0481. The summed E-state index contributed by atoms with van der Waals surface area (Å²) in [6.45, 7) is 3.59. The third-order valence-corrected chi connectivity index (χ3v) is 7.30. The van der Waals surface area contributed by atoms with E-state index in [1.54, 1.807) is 30.5 Å². The molecule has 0 unspecified atom stereocenters. The third-order valence-electron chi connectivity index (χ3n) is 6.82. The molecule has 4 rings (SSSR count). The summed E-state index contributed by atoms with van der Waals surface area (Å²) in [5.74, 6) is -0.368. The van der Waals surface area contributed by atoms with E-state index in [4.69, 9.17) is 11.5 Å². The summed E-state index contributed by atoms with van der Waals surface area (Å²) in [5, 5.41) is 5.68. The highest BCUT2D eigenvalue weighted by Gasteiger charge is 2.22. The molecule has 1 aromatic heterocycles. The SMILES string of the molecule is CCCN(CCI)C(=O)C1=Cc2ccc(C(=O)Nc3cncc(CNC(=O)[C@H](N)Cc4ccccc4)c3)cc2N=C(N)C1. The Morgan fingerprint density at radius 2 is 1.84 bits per heavy atom. The summed E-state index contributed by atoms with van der Waals surface area (Å²) < 4.78 is 0.839. The molecule has 0 spiro atoms. The Hall–Kier alpha value is -4.10. The van der Waals surface area contributed by atoms with Crippen molar-refractivity contribution in [2.45, 2.75) is 38.8 Å². The molecule has 0 aliphatic carbocycles. The van der Waals surface area contributed by atoms with Gasteiger partial charge >= 0.3 is 0 Å². The maximum Gasteiger partial charge on any atom is 0.255 e. The number of anilines is 1. The topological polar surface area (TPSA) is 156 Å². The van der Waals surface area contributed by atoms with E-state index >= 15 is 0 Å². The average molecular weight is 694 g/mol. The highest BCUT2D eigenvalue weighted by molar-refractivity contribution is 14.1. The number of aliphatic imine (C=N–C) groups is 1. The number of amidine groups is 1. The molecule has 43 heavy (non-hydrogen) atoms. The predicted octanol–water partition coefficient (Wildman–Crippen LogP) is 3.97. The second-order valence-electron chi connectivity index (χ2n) is 10.3. The molecular weight excluding hydrogens is 657 g/mol. The van der Waals surface area contributed by atoms with Crippen molar-refractivity contribution in [3.8, 4) is 0 Å². The van der Waals surface area contributed by atoms with Crippen LogP contribution >= 0.6 is 22.6 Å². The summed E-state index contributed by atoms with van der Waals surface area (Å²) in [7, 11) is 0. The number of rotatable bonds is 12. The number of hydrogen-bond donors (Lipinski definition) is 4. The van der Waals surface area contributed by atoms with Gasteiger partial charge in [-0.2, -0.15) is 0 Å². The fourth-order valence-corrected chi connectivity index (χ4v) is 5.28. The first kappa shape index (κ1) is 31.8. The molecule has 10 nitrogen and oxygen atoms in total. The van der Waals surface area contributed by atoms with Crippen LogP contribution in [-0.2, 0) is 22.6 Å². The number of nitrogens with zero attached hydrogens (tertiary/aromatic N) is 3. The Morgan fingerprint density at radius 3 is 2.58 bits per heavy atom. The van der Waals surface area contributed by atoms with Gasteiger partial charge in [-0.05, 0) is 48.2 Å². The lowest BCUT2D eigenvalue weighted by Crippen LogP contribution is -2.41. The number of nitrogens with two attached hydrogens (primary N) is 2. The fourth-order valence-electron chi connectivity index (χ4n) is 4.70. The average Bonchev–Trinajstić information content (AvgIpc) is 3.17. The van der Waals surface area contributed by atoms with Crippen LogP contribution in [0.15, 0.2) is 77.6 Å². The molecule has 11 heteroatoms. The standard InChI is InChI=1S/C32H36IN7O3/c1-2-11-40(12-10-33)32(43)25-15-23-8-9-24(16-28(23)39-29(35)17-25)30(41)38-26-13-22(18-36-20-26)19-37-31(42)27(34)14-21-6-4-3-5-7-21/h3-9,13,15-16,18,20,27H,2,10-12,14,17,19,34H2,1H3,(H2,35,39)(H,37,42)(H,38,41)/t27-/m1/s1. The second kappa shape index (κ2) is 15.4. The number of nitrogens with one attached hydrogen (secondary N) is 2. The number of benzene rings is 2. The van der Waals surface area contributed by atoms with E-state index in [2.05, 4.69) is 43.2 Å². The van der Waals surface area contributed by atoms with Crippen LogP contribution in [0.5, 0.6) is 0 Å². The van der Waals surface area contributed by atoms with E-state index in [1.165, 1.54) is 6.20 Å². The smallest absolute Gasteiger partial charge is 0.255 e. The van der Waals surface area contributed by atoms with E-state index in [0.29, 0.717) is 53.4 Å². The Kier molecular flexibility index (Phi) is 11.4. The fraction of sp³-hybridized carbons (Fsp3) is 0.281. The summed E-state index contributed by atoms with van der Waals surface area (Å²) in [5.41, 5.74) is 16.6. The first-order valence-electron chi connectivity index (χ1n) is 14.1. The molecule has 3 amide bonds. The number of pyridine rings is 1. The lowest BCUT2D eigenvalue weighted by atomic mass is 10.0. The summed E-state index contributed by atoms with van der Waals surface area (Å²) >= 11 is 2.26. The van der Waals surface area contributed by atoms with Crippen molar-refractivity contribution in [3.63, 3.8) is 0 Å². The molecule has 1 atom stereocenters. The van der Waals surface area contributed by atoms with Crippen molar-refractivity contribution in [1.82, 2.24) is 15.2 Å². The van der Waals surface area contributed by atoms with Gasteiger partial charge in [-0.1, -0.05) is 65.9 Å². The molecule has 6 N–H and O–H groups in total. The van der Waals surface area contributed by atoms with Crippen molar-refractivity contribution in [3.05, 3.63) is 94.8 Å².